The fraction of sp³-hybridized carbons (Fsp3) is 0.963. The zero-order valence-corrected chi connectivity index (χ0v) is 19.9. The molecule has 0 aromatic carbocycles. The lowest BCUT2D eigenvalue weighted by molar-refractivity contribution is -0.272. The Balaban J connectivity index is 1.30. The van der Waals surface area contributed by atoms with E-state index in [1.165, 1.54) is 12.8 Å². The summed E-state index contributed by atoms with van der Waals surface area (Å²) in [5.74, 6) is 3.45. The number of ketones is 1. The lowest BCUT2D eigenvalue weighted by Crippen LogP contribution is -2.58. The molecule has 4 saturated carbocycles. The number of hydrogen-bond acceptors (Lipinski definition) is 4. The first-order valence-electron chi connectivity index (χ1n) is 13.2. The largest absolute Gasteiger partial charge is 0.393 e. The van der Waals surface area contributed by atoms with E-state index in [4.69, 9.17) is 9.47 Å². The molecule has 0 aromatic heterocycles. The molecule has 4 aliphatic carbocycles. The summed E-state index contributed by atoms with van der Waals surface area (Å²) >= 11 is 0. The standard InChI is InChI=1S/C27H42O4/c1-15-7-10-27(30-14-15)16(2)24-22(31-27)12-21-19-6-5-17-11-18(28)8-9-25(17,3)20(19)13-23(29)26(21,24)4/h15-22,24,28H,5-14H2,1-4H3/t15?,16-,17-,18-,19?,20?,21?,22?,24?,25-,26+,27?/m0/s1. The first-order chi connectivity index (χ1) is 14.7. The number of hydrogen-bond donors (Lipinski definition) is 1. The molecule has 0 aromatic rings. The van der Waals surface area contributed by atoms with Crippen molar-refractivity contribution in [3.8, 4) is 0 Å². The topological polar surface area (TPSA) is 55.8 Å². The smallest absolute Gasteiger partial charge is 0.171 e. The SMILES string of the molecule is CC1CCC2(OC1)OC1CC3C4CC[C@H]5C[C@@H](O)CC[C@]5(C)C4CC(=O)[C@]3(C)C1[C@@H]2C. The van der Waals surface area contributed by atoms with E-state index in [9.17, 15) is 9.90 Å². The molecule has 0 amide bonds. The lowest BCUT2D eigenvalue weighted by atomic mass is 9.44. The van der Waals surface area contributed by atoms with Gasteiger partial charge in [0.2, 0.25) is 0 Å². The van der Waals surface area contributed by atoms with Crippen LogP contribution in [-0.2, 0) is 14.3 Å². The molecule has 4 heteroatoms. The van der Waals surface area contributed by atoms with Gasteiger partial charge in [-0.1, -0.05) is 27.7 Å². The van der Waals surface area contributed by atoms with Crippen LogP contribution in [0.4, 0.5) is 0 Å². The minimum Gasteiger partial charge on any atom is -0.393 e. The summed E-state index contributed by atoms with van der Waals surface area (Å²) in [7, 11) is 0. The number of ether oxygens (including phenoxy) is 2. The molecular weight excluding hydrogens is 388 g/mol. The predicted molar refractivity (Wildman–Crippen MR) is 118 cm³/mol. The molecule has 6 fully saturated rings. The second kappa shape index (κ2) is 6.79. The molecule has 12 atom stereocenters. The molecule has 4 nitrogen and oxygen atoms in total. The Morgan fingerprint density at radius 2 is 1.81 bits per heavy atom. The molecule has 7 unspecified atom stereocenters. The Labute approximate surface area is 187 Å². The van der Waals surface area contributed by atoms with Gasteiger partial charge in [0, 0.05) is 30.1 Å². The van der Waals surface area contributed by atoms with Gasteiger partial charge in [0.15, 0.2) is 5.79 Å². The zero-order chi connectivity index (χ0) is 21.8. The monoisotopic (exact) mass is 430 g/mol. The molecule has 31 heavy (non-hydrogen) atoms. The van der Waals surface area contributed by atoms with Gasteiger partial charge in [-0.2, -0.15) is 0 Å². The maximum atomic E-state index is 14.0. The highest BCUT2D eigenvalue weighted by Gasteiger charge is 2.71. The van der Waals surface area contributed by atoms with E-state index in [0.29, 0.717) is 41.3 Å². The van der Waals surface area contributed by atoms with E-state index in [-0.39, 0.29) is 29.0 Å². The van der Waals surface area contributed by atoms with Gasteiger partial charge in [-0.3, -0.25) is 4.79 Å². The summed E-state index contributed by atoms with van der Waals surface area (Å²) in [6.07, 6.45) is 9.39. The first-order valence-corrected chi connectivity index (χ1v) is 13.2. The minimum atomic E-state index is -0.448. The Bertz CT molecular complexity index is 756. The third-order valence-corrected chi connectivity index (χ3v) is 11.8. The van der Waals surface area contributed by atoms with Crippen LogP contribution in [0, 0.1) is 52.3 Å². The quantitative estimate of drug-likeness (QED) is 0.589. The van der Waals surface area contributed by atoms with Gasteiger partial charge >= 0.3 is 0 Å². The fourth-order valence-electron chi connectivity index (χ4n) is 9.93. The van der Waals surface area contributed by atoms with E-state index in [1.807, 2.05) is 0 Å². The molecule has 6 rings (SSSR count). The van der Waals surface area contributed by atoms with Crippen molar-refractivity contribution in [3.05, 3.63) is 0 Å². The second-order valence-electron chi connectivity index (χ2n) is 13.0. The highest BCUT2D eigenvalue weighted by atomic mass is 16.7. The van der Waals surface area contributed by atoms with Crippen molar-refractivity contribution in [2.75, 3.05) is 6.61 Å². The Kier molecular flexibility index (Phi) is 4.62. The van der Waals surface area contributed by atoms with Crippen molar-refractivity contribution in [1.82, 2.24) is 0 Å². The van der Waals surface area contributed by atoms with Crippen LogP contribution < -0.4 is 0 Å². The van der Waals surface area contributed by atoms with Crippen LogP contribution in [0.15, 0.2) is 0 Å². The molecule has 2 heterocycles. The summed E-state index contributed by atoms with van der Waals surface area (Å²) in [5, 5.41) is 10.3. The van der Waals surface area contributed by atoms with E-state index in [1.54, 1.807) is 0 Å². The average molecular weight is 431 g/mol. The minimum absolute atomic E-state index is 0.131. The van der Waals surface area contributed by atoms with Gasteiger partial charge in [-0.15, -0.1) is 0 Å². The molecule has 1 spiro atoms. The number of aliphatic hydroxyl groups is 1. The number of Topliss-reactive ketones (excluding diaryl/α,β-unsaturated/α-hetero) is 1. The molecular formula is C27H42O4. The Morgan fingerprint density at radius 3 is 2.55 bits per heavy atom. The van der Waals surface area contributed by atoms with Crippen molar-refractivity contribution in [2.45, 2.75) is 103 Å². The van der Waals surface area contributed by atoms with Crippen LogP contribution in [0.5, 0.6) is 0 Å². The van der Waals surface area contributed by atoms with Crippen molar-refractivity contribution in [3.63, 3.8) is 0 Å². The van der Waals surface area contributed by atoms with Gasteiger partial charge in [-0.05, 0) is 80.0 Å². The third-order valence-electron chi connectivity index (χ3n) is 11.8. The van der Waals surface area contributed by atoms with E-state index in [2.05, 4.69) is 27.7 Å². The maximum Gasteiger partial charge on any atom is 0.171 e. The molecule has 6 aliphatic rings. The van der Waals surface area contributed by atoms with Gasteiger partial charge in [-0.25, -0.2) is 0 Å². The van der Waals surface area contributed by atoms with Crippen LogP contribution in [0.1, 0.15) is 85.5 Å². The van der Waals surface area contributed by atoms with Gasteiger partial charge < -0.3 is 14.6 Å². The van der Waals surface area contributed by atoms with Crippen LogP contribution in [0.3, 0.4) is 0 Å². The van der Waals surface area contributed by atoms with Gasteiger partial charge in [0.1, 0.15) is 5.78 Å². The summed E-state index contributed by atoms with van der Waals surface area (Å²) in [6.45, 7) is 10.1. The maximum absolute atomic E-state index is 14.0. The second-order valence-corrected chi connectivity index (χ2v) is 13.0. The van der Waals surface area contributed by atoms with Crippen LogP contribution in [0.25, 0.3) is 0 Å². The molecule has 2 saturated heterocycles. The molecule has 1 N–H and O–H groups in total. The number of aliphatic hydroxyl groups excluding tert-OH is 1. The number of carbonyl (C=O) groups excluding carboxylic acids is 1. The molecule has 0 bridgehead atoms. The van der Waals surface area contributed by atoms with Crippen molar-refractivity contribution >= 4 is 5.78 Å². The number of carbonyl (C=O) groups is 1. The Morgan fingerprint density at radius 1 is 1.00 bits per heavy atom. The Hall–Kier alpha value is -0.450. The van der Waals surface area contributed by atoms with E-state index < -0.39 is 5.79 Å². The zero-order valence-electron chi connectivity index (χ0n) is 19.9. The third kappa shape index (κ3) is 2.68. The van der Waals surface area contributed by atoms with Crippen LogP contribution in [-0.4, -0.2) is 35.5 Å². The number of rotatable bonds is 0. The summed E-state index contributed by atoms with van der Waals surface area (Å²) in [4.78, 5) is 14.0. The summed E-state index contributed by atoms with van der Waals surface area (Å²) in [5.41, 5.74) is -0.0221. The molecule has 2 aliphatic heterocycles. The van der Waals surface area contributed by atoms with Crippen LogP contribution >= 0.6 is 0 Å². The van der Waals surface area contributed by atoms with E-state index in [0.717, 1.165) is 51.6 Å². The van der Waals surface area contributed by atoms with E-state index >= 15 is 0 Å². The molecule has 174 valence electrons. The molecule has 0 radical (unpaired) electrons. The average Bonchev–Trinajstić information content (AvgIpc) is 3.18. The lowest BCUT2D eigenvalue weighted by Gasteiger charge is -2.60. The summed E-state index contributed by atoms with van der Waals surface area (Å²) in [6, 6.07) is 0. The highest BCUT2D eigenvalue weighted by Crippen LogP contribution is 2.70. The summed E-state index contributed by atoms with van der Waals surface area (Å²) < 4.78 is 13.2. The highest BCUT2D eigenvalue weighted by molar-refractivity contribution is 5.87. The first kappa shape index (κ1) is 21.1. The fourth-order valence-corrected chi connectivity index (χ4v) is 9.93. The van der Waals surface area contributed by atoms with Crippen molar-refractivity contribution in [2.24, 2.45) is 52.3 Å². The van der Waals surface area contributed by atoms with Crippen molar-refractivity contribution < 1.29 is 19.4 Å². The normalized spacial score (nSPS) is 60.9. The van der Waals surface area contributed by atoms with Gasteiger partial charge in [0.05, 0.1) is 18.8 Å². The number of fused-ring (bicyclic) bond motifs is 7. The van der Waals surface area contributed by atoms with Gasteiger partial charge in [0.25, 0.3) is 0 Å². The van der Waals surface area contributed by atoms with Crippen LogP contribution in [0.2, 0.25) is 0 Å². The van der Waals surface area contributed by atoms with Crippen molar-refractivity contribution in [1.29, 1.82) is 0 Å². The predicted octanol–water partition coefficient (Wildman–Crippen LogP) is 4.97.